The summed E-state index contributed by atoms with van der Waals surface area (Å²) in [6.45, 7) is 8.89. The molecule has 4 aromatic rings. The van der Waals surface area contributed by atoms with Gasteiger partial charge in [0.2, 0.25) is 0 Å². The summed E-state index contributed by atoms with van der Waals surface area (Å²) in [4.78, 5) is 6.64. The Morgan fingerprint density at radius 3 is 2.49 bits per heavy atom. The predicted octanol–water partition coefficient (Wildman–Crippen LogP) is 8.22. The van der Waals surface area contributed by atoms with Crippen molar-refractivity contribution in [2.24, 2.45) is 10.9 Å². The summed E-state index contributed by atoms with van der Waals surface area (Å²) in [7, 11) is 0. The molecule has 3 heterocycles. The molecule has 37 heavy (non-hydrogen) atoms. The molecule has 5 rings (SSSR count). The van der Waals surface area contributed by atoms with Crippen LogP contribution < -0.4 is 0 Å². The molecular weight excluding hydrogens is 496 g/mol. The van der Waals surface area contributed by atoms with Crippen LogP contribution >= 0.6 is 22.9 Å². The summed E-state index contributed by atoms with van der Waals surface area (Å²) in [5.74, 6) is 1.55. The van der Waals surface area contributed by atoms with E-state index in [0.717, 1.165) is 65.6 Å². The predicted molar refractivity (Wildman–Crippen MR) is 156 cm³/mol. The average Bonchev–Trinajstić information content (AvgIpc) is 3.48. The van der Waals surface area contributed by atoms with Gasteiger partial charge in [-0.2, -0.15) is 0 Å². The van der Waals surface area contributed by atoms with Gasteiger partial charge in [-0.15, -0.1) is 21.5 Å². The fourth-order valence-corrected chi connectivity index (χ4v) is 6.71. The molecule has 2 aromatic heterocycles. The number of halogens is 1. The van der Waals surface area contributed by atoms with E-state index in [4.69, 9.17) is 16.6 Å². The number of unbranched alkanes of at least 4 members (excludes halogenated alkanes) is 1. The van der Waals surface area contributed by atoms with Gasteiger partial charge in [0, 0.05) is 21.0 Å². The van der Waals surface area contributed by atoms with E-state index in [1.165, 1.54) is 27.1 Å². The highest BCUT2D eigenvalue weighted by Gasteiger charge is 2.30. The van der Waals surface area contributed by atoms with Crippen LogP contribution in [0, 0.1) is 5.92 Å². The molecule has 0 spiro atoms. The number of aromatic nitrogens is 3. The molecule has 192 valence electrons. The van der Waals surface area contributed by atoms with E-state index >= 15 is 0 Å². The van der Waals surface area contributed by atoms with Crippen LogP contribution in [0.5, 0.6) is 0 Å². The third kappa shape index (κ3) is 5.44. The number of thiophene rings is 1. The Kier molecular flexibility index (Phi) is 7.92. The minimum atomic E-state index is -0.111. The molecule has 2 aromatic carbocycles. The van der Waals surface area contributed by atoms with E-state index < -0.39 is 0 Å². The van der Waals surface area contributed by atoms with Crippen molar-refractivity contribution in [1.82, 2.24) is 14.8 Å². The second-order valence-electron chi connectivity index (χ2n) is 10.4. The maximum atomic E-state index is 6.75. The molecule has 0 radical (unpaired) electrons. The minimum Gasteiger partial charge on any atom is -0.274 e. The highest BCUT2D eigenvalue weighted by atomic mass is 35.5. The topological polar surface area (TPSA) is 43.1 Å². The SMILES string of the molecule is CCCCc1c(CCc2ccc(CC(C)C)cc2)sc2c1C(c1ccccc1Cl)=NC(C)c1nncn1-2. The van der Waals surface area contributed by atoms with E-state index in [1.807, 2.05) is 35.9 Å². The van der Waals surface area contributed by atoms with Crippen LogP contribution in [0.25, 0.3) is 5.00 Å². The Morgan fingerprint density at radius 1 is 1.00 bits per heavy atom. The Hall–Kier alpha value is -2.76. The lowest BCUT2D eigenvalue weighted by Gasteiger charge is -2.13. The third-order valence-electron chi connectivity index (χ3n) is 7.02. The van der Waals surface area contributed by atoms with Crippen molar-refractivity contribution in [3.8, 4) is 5.00 Å². The molecule has 0 N–H and O–H groups in total. The van der Waals surface area contributed by atoms with Gasteiger partial charge < -0.3 is 0 Å². The van der Waals surface area contributed by atoms with Crippen molar-refractivity contribution in [1.29, 1.82) is 0 Å². The number of aryl methyl sites for hydroxylation is 2. The number of rotatable bonds is 9. The van der Waals surface area contributed by atoms with Crippen molar-refractivity contribution in [3.05, 3.63) is 98.4 Å². The van der Waals surface area contributed by atoms with Gasteiger partial charge >= 0.3 is 0 Å². The number of benzene rings is 2. The molecule has 1 unspecified atom stereocenters. The normalized spacial score (nSPS) is 14.9. The Bertz CT molecular complexity index is 1400. The van der Waals surface area contributed by atoms with Crippen LogP contribution in [0.2, 0.25) is 5.02 Å². The lowest BCUT2D eigenvalue weighted by molar-refractivity contribution is 0.647. The molecule has 0 aliphatic carbocycles. The zero-order valence-corrected chi connectivity index (χ0v) is 23.7. The van der Waals surface area contributed by atoms with Gasteiger partial charge in [-0.05, 0) is 67.7 Å². The molecule has 1 aliphatic heterocycles. The maximum Gasteiger partial charge on any atom is 0.162 e. The number of hydrogen-bond donors (Lipinski definition) is 0. The molecule has 0 bridgehead atoms. The van der Waals surface area contributed by atoms with Crippen LogP contribution in [0.15, 0.2) is 59.9 Å². The highest BCUT2D eigenvalue weighted by molar-refractivity contribution is 7.15. The monoisotopic (exact) mass is 530 g/mol. The van der Waals surface area contributed by atoms with Crippen molar-refractivity contribution >= 4 is 28.6 Å². The first-order valence-electron chi connectivity index (χ1n) is 13.4. The molecule has 6 heteroatoms. The lowest BCUT2D eigenvalue weighted by Crippen LogP contribution is -2.09. The van der Waals surface area contributed by atoms with Crippen LogP contribution in [0.3, 0.4) is 0 Å². The first-order chi connectivity index (χ1) is 18.0. The summed E-state index contributed by atoms with van der Waals surface area (Å²) in [6.07, 6.45) is 8.30. The molecule has 0 amide bonds. The Balaban J connectivity index is 1.57. The summed E-state index contributed by atoms with van der Waals surface area (Å²) in [6, 6.07) is 17.2. The van der Waals surface area contributed by atoms with Crippen molar-refractivity contribution in [3.63, 3.8) is 0 Å². The summed E-state index contributed by atoms with van der Waals surface area (Å²) < 4.78 is 2.15. The van der Waals surface area contributed by atoms with Crippen molar-refractivity contribution in [2.45, 2.75) is 72.3 Å². The van der Waals surface area contributed by atoms with Gasteiger partial charge in [-0.25, -0.2) is 0 Å². The molecule has 0 saturated heterocycles. The van der Waals surface area contributed by atoms with E-state index in [9.17, 15) is 0 Å². The van der Waals surface area contributed by atoms with Crippen LogP contribution in [0.1, 0.15) is 85.1 Å². The van der Waals surface area contributed by atoms with Crippen molar-refractivity contribution in [2.75, 3.05) is 0 Å². The first kappa shape index (κ1) is 25.9. The summed E-state index contributed by atoms with van der Waals surface area (Å²) in [5.41, 5.74) is 7.38. The van der Waals surface area contributed by atoms with Crippen LogP contribution in [-0.4, -0.2) is 20.5 Å². The smallest absolute Gasteiger partial charge is 0.162 e. The molecule has 0 saturated carbocycles. The Labute approximate surface area is 229 Å². The minimum absolute atomic E-state index is 0.111. The van der Waals surface area contributed by atoms with Gasteiger partial charge in [0.25, 0.3) is 0 Å². The molecule has 1 atom stereocenters. The summed E-state index contributed by atoms with van der Waals surface area (Å²) >= 11 is 8.62. The third-order valence-corrected chi connectivity index (χ3v) is 8.64. The molecule has 4 nitrogen and oxygen atoms in total. The maximum absolute atomic E-state index is 6.75. The zero-order chi connectivity index (χ0) is 25.9. The van der Waals surface area contributed by atoms with Gasteiger partial charge in [-0.1, -0.05) is 81.3 Å². The standard InChI is InChI=1S/C31H35ClN4S/c1-5-6-9-25-27(17-16-22-12-14-23(15-13-22)18-20(2)3)37-31-28(25)29(24-10-7-8-11-26(24)32)34-21(4)30-35-33-19-36(30)31/h7-8,10-15,19-21H,5-6,9,16-18H2,1-4H3. The second-order valence-corrected chi connectivity index (χ2v) is 11.9. The number of nitrogens with zero attached hydrogens (tertiary/aromatic N) is 4. The largest absolute Gasteiger partial charge is 0.274 e. The van der Waals surface area contributed by atoms with Gasteiger partial charge in [0.1, 0.15) is 17.4 Å². The van der Waals surface area contributed by atoms with E-state index in [-0.39, 0.29) is 6.04 Å². The van der Waals surface area contributed by atoms with Gasteiger partial charge in [-0.3, -0.25) is 9.56 Å². The van der Waals surface area contributed by atoms with Crippen LogP contribution in [0.4, 0.5) is 0 Å². The van der Waals surface area contributed by atoms with Gasteiger partial charge in [0.05, 0.1) is 5.71 Å². The van der Waals surface area contributed by atoms with E-state index in [0.29, 0.717) is 5.92 Å². The van der Waals surface area contributed by atoms with Gasteiger partial charge in [0.15, 0.2) is 5.82 Å². The quantitative estimate of drug-likeness (QED) is 0.219. The fourth-order valence-electron chi connectivity index (χ4n) is 5.16. The average molecular weight is 531 g/mol. The lowest BCUT2D eigenvalue weighted by atomic mass is 9.94. The fraction of sp³-hybridized carbons (Fsp3) is 0.387. The van der Waals surface area contributed by atoms with Crippen molar-refractivity contribution < 1.29 is 0 Å². The molecule has 1 aliphatic rings. The number of aliphatic imine (C=N–C) groups is 1. The molecule has 0 fully saturated rings. The highest BCUT2D eigenvalue weighted by Crippen LogP contribution is 2.40. The second kappa shape index (κ2) is 11.3. The first-order valence-corrected chi connectivity index (χ1v) is 14.6. The van der Waals surface area contributed by atoms with Crippen LogP contribution in [-0.2, 0) is 25.7 Å². The number of fused-ring (bicyclic) bond motifs is 3. The number of hydrogen-bond acceptors (Lipinski definition) is 4. The van der Waals surface area contributed by atoms with E-state index in [2.05, 4.69) is 72.8 Å². The summed E-state index contributed by atoms with van der Waals surface area (Å²) in [5, 5.41) is 10.6. The van der Waals surface area contributed by atoms with E-state index in [1.54, 1.807) is 0 Å². The Morgan fingerprint density at radius 2 is 1.76 bits per heavy atom. The zero-order valence-electron chi connectivity index (χ0n) is 22.2. The molecular formula is C31H35ClN4S.